The van der Waals surface area contributed by atoms with Crippen molar-refractivity contribution in [3.8, 4) is 0 Å². The predicted molar refractivity (Wildman–Crippen MR) is 149 cm³/mol. The maximum absolute atomic E-state index is 11.6. The number of benzene rings is 2. The Bertz CT molecular complexity index is 1150. The Morgan fingerprint density at radius 3 is 1.00 bits per heavy atom. The van der Waals surface area contributed by atoms with E-state index in [9.17, 15) is 20.2 Å². The van der Waals surface area contributed by atoms with Crippen molar-refractivity contribution in [2.75, 3.05) is 0 Å². The lowest BCUT2D eigenvalue weighted by Crippen LogP contribution is -2.27. The van der Waals surface area contributed by atoms with Crippen molar-refractivity contribution in [3.05, 3.63) is 78.9 Å². The lowest BCUT2D eigenvalue weighted by molar-refractivity contribution is -0.385. The molecule has 2 fully saturated rings. The summed E-state index contributed by atoms with van der Waals surface area (Å²) in [5, 5.41) is 23.2. The first-order chi connectivity index (χ1) is 18.4. The van der Waals surface area contributed by atoms with Crippen LogP contribution in [0.15, 0.2) is 56.4 Å². The number of non-ortho nitro benzene ring substituents is 2. The number of nitro benzene ring substituents is 2. The molecule has 0 N–H and O–H groups in total. The van der Waals surface area contributed by atoms with Crippen molar-refractivity contribution in [2.45, 2.75) is 75.5 Å². The SMILES string of the molecule is O=[N+]([O-])c1cc2cc(c1)C=N[C@@H]1CCCC[C@H]1N=Cc1cc(cc([N+](=O)[O-])c1)C=N[C@@H]1CCCC[C@H]1N=C2. The van der Waals surface area contributed by atoms with E-state index in [0.29, 0.717) is 22.3 Å². The van der Waals surface area contributed by atoms with Crippen LogP contribution in [0.4, 0.5) is 11.4 Å². The van der Waals surface area contributed by atoms with Crippen molar-refractivity contribution < 1.29 is 9.85 Å². The van der Waals surface area contributed by atoms with Gasteiger partial charge in [-0.1, -0.05) is 25.7 Å². The van der Waals surface area contributed by atoms with Gasteiger partial charge in [0.1, 0.15) is 0 Å². The van der Waals surface area contributed by atoms with Gasteiger partial charge >= 0.3 is 0 Å². The fraction of sp³-hybridized carbons (Fsp3) is 0.429. The van der Waals surface area contributed by atoms with Gasteiger partial charge in [-0.15, -0.1) is 0 Å². The Labute approximate surface area is 220 Å². The van der Waals surface area contributed by atoms with Gasteiger partial charge in [-0.2, -0.15) is 0 Å². The molecule has 1 heterocycles. The molecular formula is C28H30N6O4. The fourth-order valence-electron chi connectivity index (χ4n) is 5.43. The Hall–Kier alpha value is -4.08. The van der Waals surface area contributed by atoms with Crippen molar-refractivity contribution in [3.63, 3.8) is 0 Å². The zero-order valence-electron chi connectivity index (χ0n) is 21.1. The van der Waals surface area contributed by atoms with E-state index in [2.05, 4.69) is 0 Å². The predicted octanol–water partition coefficient (Wildman–Crippen LogP) is 5.51. The highest BCUT2D eigenvalue weighted by Gasteiger charge is 2.25. The molecule has 0 radical (unpaired) electrons. The fourth-order valence-corrected chi connectivity index (χ4v) is 5.43. The van der Waals surface area contributed by atoms with Gasteiger partial charge in [0.2, 0.25) is 0 Å². The summed E-state index contributed by atoms with van der Waals surface area (Å²) in [6.45, 7) is 0. The largest absolute Gasteiger partial charge is 0.287 e. The summed E-state index contributed by atoms with van der Waals surface area (Å²) in [5.74, 6) is 0. The highest BCUT2D eigenvalue weighted by molar-refractivity contribution is 5.89. The van der Waals surface area contributed by atoms with Crippen LogP contribution in [0, 0.1) is 20.2 Å². The van der Waals surface area contributed by atoms with Gasteiger partial charge in [0.15, 0.2) is 0 Å². The van der Waals surface area contributed by atoms with E-state index < -0.39 is 9.85 Å². The van der Waals surface area contributed by atoms with Crippen LogP contribution < -0.4 is 0 Å². The van der Waals surface area contributed by atoms with Crippen molar-refractivity contribution in [1.29, 1.82) is 0 Å². The molecule has 2 aromatic rings. The van der Waals surface area contributed by atoms with Gasteiger partial charge in [0.25, 0.3) is 11.4 Å². The normalized spacial score (nSPS) is 25.1. The molecule has 0 unspecified atom stereocenters. The summed E-state index contributed by atoms with van der Waals surface area (Å²) in [5.41, 5.74) is 2.60. The van der Waals surface area contributed by atoms with Crippen molar-refractivity contribution in [2.24, 2.45) is 20.0 Å². The zero-order chi connectivity index (χ0) is 26.5. The maximum Gasteiger partial charge on any atom is 0.270 e. The molecule has 0 spiro atoms. The Morgan fingerprint density at radius 2 is 0.763 bits per heavy atom. The van der Waals surface area contributed by atoms with E-state index in [-0.39, 0.29) is 35.5 Å². The Balaban J connectivity index is 1.59. The monoisotopic (exact) mass is 514 g/mol. The van der Waals surface area contributed by atoms with E-state index in [0.717, 1.165) is 51.4 Å². The highest BCUT2D eigenvalue weighted by atomic mass is 16.6. The Morgan fingerprint density at radius 1 is 0.500 bits per heavy atom. The Kier molecular flexibility index (Phi) is 7.76. The minimum absolute atomic E-state index is 0.00122. The molecule has 4 atom stereocenters. The molecule has 0 amide bonds. The first-order valence-corrected chi connectivity index (χ1v) is 13.2. The summed E-state index contributed by atoms with van der Waals surface area (Å²) < 4.78 is 0. The van der Waals surface area contributed by atoms with Crippen LogP contribution >= 0.6 is 0 Å². The van der Waals surface area contributed by atoms with Crippen LogP contribution in [-0.2, 0) is 0 Å². The minimum atomic E-state index is -0.394. The standard InChI is InChI=1S/C28H30N6O4/c35-33(36)23-11-19-9-21(13-23)17-31-27-7-3-4-8-28(27)32-18-22-10-20(12-24(14-22)34(37)38)16-30-26-6-2-1-5-25(26)29-15-19/h9-18,25-28H,1-8H2/t25-,26-,27-,28-/m1/s1. The van der Waals surface area contributed by atoms with E-state index in [4.69, 9.17) is 20.0 Å². The summed E-state index contributed by atoms with van der Waals surface area (Å²) in [4.78, 5) is 41.6. The van der Waals surface area contributed by atoms with Gasteiger partial charge in [-0.05, 0) is 60.1 Å². The van der Waals surface area contributed by atoms with E-state index in [1.807, 2.05) is 12.1 Å². The molecule has 2 saturated carbocycles. The summed E-state index contributed by atoms with van der Waals surface area (Å²) in [6.07, 6.45) is 14.3. The van der Waals surface area contributed by atoms with Crippen LogP contribution in [0.2, 0.25) is 0 Å². The molecule has 4 bridgehead atoms. The summed E-state index contributed by atoms with van der Waals surface area (Å²) in [7, 11) is 0. The average molecular weight is 515 g/mol. The van der Waals surface area contributed by atoms with E-state index in [1.54, 1.807) is 24.9 Å². The smallest absolute Gasteiger partial charge is 0.270 e. The molecule has 0 saturated heterocycles. The van der Waals surface area contributed by atoms with Gasteiger partial charge in [-0.3, -0.25) is 40.2 Å². The lowest BCUT2D eigenvalue weighted by atomic mass is 9.91. The number of nitrogens with zero attached hydrogens (tertiary/aromatic N) is 6. The van der Waals surface area contributed by atoms with Crippen molar-refractivity contribution >= 4 is 36.2 Å². The molecule has 38 heavy (non-hydrogen) atoms. The second-order valence-electron chi connectivity index (χ2n) is 10.2. The number of hydrogen-bond acceptors (Lipinski definition) is 8. The third kappa shape index (κ3) is 6.24. The average Bonchev–Trinajstić information content (AvgIpc) is 2.93. The first-order valence-electron chi connectivity index (χ1n) is 13.2. The molecular weight excluding hydrogens is 484 g/mol. The quantitative estimate of drug-likeness (QED) is 0.385. The van der Waals surface area contributed by atoms with E-state index >= 15 is 0 Å². The third-order valence-electron chi connectivity index (χ3n) is 7.39. The molecule has 10 heteroatoms. The highest BCUT2D eigenvalue weighted by Crippen LogP contribution is 2.27. The van der Waals surface area contributed by atoms with Crippen LogP contribution in [0.25, 0.3) is 0 Å². The molecule has 0 aromatic heterocycles. The number of aliphatic imine (C=N–C) groups is 4. The molecule has 1 aliphatic heterocycles. The van der Waals surface area contributed by atoms with Gasteiger partial charge in [0, 0.05) is 49.1 Å². The van der Waals surface area contributed by atoms with Crippen LogP contribution in [0.1, 0.15) is 73.6 Å². The zero-order valence-corrected chi connectivity index (χ0v) is 21.1. The molecule has 196 valence electrons. The van der Waals surface area contributed by atoms with Crippen molar-refractivity contribution in [1.82, 2.24) is 0 Å². The van der Waals surface area contributed by atoms with Crippen LogP contribution in [-0.4, -0.2) is 58.9 Å². The van der Waals surface area contributed by atoms with Gasteiger partial charge in [0.05, 0.1) is 34.0 Å². The lowest BCUT2D eigenvalue weighted by Gasteiger charge is -2.26. The minimum Gasteiger partial charge on any atom is -0.287 e. The van der Waals surface area contributed by atoms with Gasteiger partial charge in [-0.25, -0.2) is 0 Å². The number of nitro groups is 2. The molecule has 10 nitrogen and oxygen atoms in total. The number of hydrogen-bond donors (Lipinski definition) is 0. The third-order valence-corrected chi connectivity index (χ3v) is 7.39. The van der Waals surface area contributed by atoms with Crippen LogP contribution in [0.3, 0.4) is 0 Å². The van der Waals surface area contributed by atoms with Gasteiger partial charge < -0.3 is 0 Å². The molecule has 2 aromatic carbocycles. The number of fused-ring (bicyclic) bond motifs is 6. The topological polar surface area (TPSA) is 136 Å². The molecule has 2 aliphatic carbocycles. The second-order valence-corrected chi connectivity index (χ2v) is 10.2. The molecule has 3 aliphatic rings. The summed E-state index contributed by atoms with van der Waals surface area (Å²) >= 11 is 0. The number of rotatable bonds is 2. The second kappa shape index (κ2) is 11.5. The van der Waals surface area contributed by atoms with Crippen LogP contribution in [0.5, 0.6) is 0 Å². The first kappa shape index (κ1) is 25.6. The molecule has 5 rings (SSSR count). The summed E-state index contributed by atoms with van der Waals surface area (Å²) in [6, 6.07) is 9.56. The maximum atomic E-state index is 11.6. The van der Waals surface area contributed by atoms with E-state index in [1.165, 1.54) is 24.3 Å².